The average Bonchev–Trinajstić information content (AvgIpc) is 2.88. The Morgan fingerprint density at radius 1 is 1.33 bits per heavy atom. The molecule has 0 aromatic heterocycles. The molecule has 6 heteroatoms. The molecule has 5 nitrogen and oxygen atoms in total. The van der Waals surface area contributed by atoms with Gasteiger partial charge < -0.3 is 4.74 Å². The summed E-state index contributed by atoms with van der Waals surface area (Å²) in [5.41, 5.74) is 0.786. The highest BCUT2D eigenvalue weighted by molar-refractivity contribution is 7.89. The van der Waals surface area contributed by atoms with Crippen LogP contribution in [0, 0.1) is 0 Å². The smallest absolute Gasteiger partial charge is 0.257 e. The van der Waals surface area contributed by atoms with E-state index in [-0.39, 0.29) is 6.10 Å². The van der Waals surface area contributed by atoms with Crippen molar-refractivity contribution < 1.29 is 17.9 Å². The summed E-state index contributed by atoms with van der Waals surface area (Å²) >= 11 is 0. The van der Waals surface area contributed by atoms with Gasteiger partial charge in [0.05, 0.1) is 12.4 Å². The first-order valence-corrected chi connectivity index (χ1v) is 8.78. The molecule has 1 aliphatic carbocycles. The number of sulfonamides is 1. The zero-order valence-corrected chi connectivity index (χ0v) is 12.7. The molecule has 21 heavy (non-hydrogen) atoms. The van der Waals surface area contributed by atoms with Crippen molar-refractivity contribution in [3.05, 3.63) is 35.9 Å². The minimum absolute atomic E-state index is 0.276. The molecule has 0 radical (unpaired) electrons. The Morgan fingerprint density at radius 3 is 2.71 bits per heavy atom. The lowest BCUT2D eigenvalue weighted by Crippen LogP contribution is -2.27. The van der Waals surface area contributed by atoms with E-state index in [1.807, 2.05) is 29.0 Å². The molecule has 0 heterocycles. The fraction of sp³-hybridized carbons (Fsp3) is 0.400. The predicted molar refractivity (Wildman–Crippen MR) is 81.3 cm³/mol. The molecule has 1 aromatic carbocycles. The van der Waals surface area contributed by atoms with Gasteiger partial charge in [0.15, 0.2) is 0 Å². The largest absolute Gasteiger partial charge is 0.490 e. The molecule has 1 saturated carbocycles. The van der Waals surface area contributed by atoms with E-state index >= 15 is 0 Å². The quantitative estimate of drug-likeness (QED) is 0.845. The van der Waals surface area contributed by atoms with E-state index in [9.17, 15) is 13.2 Å². The van der Waals surface area contributed by atoms with Gasteiger partial charge in [-0.05, 0) is 49.5 Å². The molecule has 1 aromatic rings. The van der Waals surface area contributed by atoms with Crippen LogP contribution >= 0.6 is 0 Å². The van der Waals surface area contributed by atoms with Gasteiger partial charge in [0.1, 0.15) is 5.75 Å². The fourth-order valence-electron chi connectivity index (χ4n) is 2.28. The number of hydrogen-bond donors (Lipinski definition) is 1. The Bertz CT molecular complexity index is 631. The summed E-state index contributed by atoms with van der Waals surface area (Å²) in [6, 6.07) is 7.39. The van der Waals surface area contributed by atoms with Gasteiger partial charge in [-0.3, -0.25) is 4.79 Å². The van der Waals surface area contributed by atoms with E-state index in [1.165, 1.54) is 18.9 Å². The Kier molecular flexibility index (Phi) is 5.01. The van der Waals surface area contributed by atoms with Crippen molar-refractivity contribution in [2.24, 2.45) is 0 Å². The second kappa shape index (κ2) is 6.76. The van der Waals surface area contributed by atoms with Crippen LogP contribution in [0.5, 0.6) is 5.75 Å². The SMILES string of the molecule is CS(=O)(=O)NC(=O)/C=C/c1cccc(OC2CCCC2)c1. The van der Waals surface area contributed by atoms with Crippen molar-refractivity contribution in [3.63, 3.8) is 0 Å². The van der Waals surface area contributed by atoms with Crippen LogP contribution in [0.3, 0.4) is 0 Å². The van der Waals surface area contributed by atoms with Gasteiger partial charge in [0.25, 0.3) is 5.91 Å². The Labute approximate surface area is 125 Å². The summed E-state index contributed by atoms with van der Waals surface area (Å²) in [5, 5.41) is 0. The van der Waals surface area contributed by atoms with Crippen molar-refractivity contribution >= 4 is 22.0 Å². The van der Waals surface area contributed by atoms with Gasteiger partial charge in [-0.1, -0.05) is 12.1 Å². The third-order valence-corrected chi connectivity index (χ3v) is 3.75. The van der Waals surface area contributed by atoms with Crippen molar-refractivity contribution in [3.8, 4) is 5.75 Å². The van der Waals surface area contributed by atoms with Crippen molar-refractivity contribution in [1.29, 1.82) is 0 Å². The van der Waals surface area contributed by atoms with Crippen LogP contribution in [0.1, 0.15) is 31.2 Å². The van der Waals surface area contributed by atoms with Crippen LogP contribution in [0.4, 0.5) is 0 Å². The van der Waals surface area contributed by atoms with E-state index in [0.717, 1.165) is 30.4 Å². The number of rotatable bonds is 5. The minimum Gasteiger partial charge on any atom is -0.490 e. The van der Waals surface area contributed by atoms with Crippen LogP contribution < -0.4 is 9.46 Å². The zero-order valence-electron chi connectivity index (χ0n) is 11.9. The van der Waals surface area contributed by atoms with Gasteiger partial charge >= 0.3 is 0 Å². The first-order chi connectivity index (χ1) is 9.92. The second-order valence-electron chi connectivity index (χ2n) is 5.17. The first-order valence-electron chi connectivity index (χ1n) is 6.89. The van der Waals surface area contributed by atoms with Crippen molar-refractivity contribution in [2.45, 2.75) is 31.8 Å². The topological polar surface area (TPSA) is 72.5 Å². The van der Waals surface area contributed by atoms with Crippen LogP contribution in [0.2, 0.25) is 0 Å². The monoisotopic (exact) mass is 309 g/mol. The highest BCUT2D eigenvalue weighted by Crippen LogP contribution is 2.24. The molecule has 2 rings (SSSR count). The maximum absolute atomic E-state index is 11.4. The Balaban J connectivity index is 1.98. The summed E-state index contributed by atoms with van der Waals surface area (Å²) in [7, 11) is -3.53. The van der Waals surface area contributed by atoms with Crippen molar-refractivity contribution in [2.75, 3.05) is 6.26 Å². The molecule has 1 aliphatic rings. The highest BCUT2D eigenvalue weighted by Gasteiger charge is 2.16. The number of benzene rings is 1. The molecule has 1 N–H and O–H groups in total. The molecule has 0 atom stereocenters. The van der Waals surface area contributed by atoms with E-state index in [2.05, 4.69) is 0 Å². The number of amides is 1. The minimum atomic E-state index is -3.53. The number of carbonyl (C=O) groups is 1. The van der Waals surface area contributed by atoms with E-state index in [1.54, 1.807) is 6.08 Å². The number of nitrogens with one attached hydrogen (secondary N) is 1. The highest BCUT2D eigenvalue weighted by atomic mass is 32.2. The molecule has 0 aliphatic heterocycles. The molecule has 0 bridgehead atoms. The molecule has 0 saturated heterocycles. The van der Waals surface area contributed by atoms with Crippen LogP contribution in [-0.4, -0.2) is 26.7 Å². The van der Waals surface area contributed by atoms with E-state index in [4.69, 9.17) is 4.74 Å². The van der Waals surface area contributed by atoms with Gasteiger partial charge in [-0.2, -0.15) is 0 Å². The third kappa shape index (κ3) is 5.59. The maximum atomic E-state index is 11.4. The summed E-state index contributed by atoms with van der Waals surface area (Å²) in [5.74, 6) is 0.104. The molecule has 0 unspecified atom stereocenters. The lowest BCUT2D eigenvalue weighted by atomic mass is 10.2. The van der Waals surface area contributed by atoms with Crippen molar-refractivity contribution in [1.82, 2.24) is 4.72 Å². The van der Waals surface area contributed by atoms with Crippen LogP contribution in [0.15, 0.2) is 30.3 Å². The summed E-state index contributed by atoms with van der Waals surface area (Å²) < 4.78 is 29.6. The van der Waals surface area contributed by atoms with E-state index in [0.29, 0.717) is 0 Å². The Hall–Kier alpha value is -1.82. The normalized spacial score (nSPS) is 16.2. The van der Waals surface area contributed by atoms with E-state index < -0.39 is 15.9 Å². The lowest BCUT2D eigenvalue weighted by Gasteiger charge is -2.13. The van der Waals surface area contributed by atoms with Crippen LogP contribution in [-0.2, 0) is 14.8 Å². The maximum Gasteiger partial charge on any atom is 0.257 e. The first kappa shape index (κ1) is 15.6. The van der Waals surface area contributed by atoms with Gasteiger partial charge in [-0.15, -0.1) is 0 Å². The average molecular weight is 309 g/mol. The fourth-order valence-corrected chi connectivity index (χ4v) is 2.71. The molecule has 0 spiro atoms. The number of ether oxygens (including phenoxy) is 1. The third-order valence-electron chi connectivity index (χ3n) is 3.18. The van der Waals surface area contributed by atoms with Gasteiger partial charge in [-0.25, -0.2) is 13.1 Å². The lowest BCUT2D eigenvalue weighted by molar-refractivity contribution is -0.114. The Morgan fingerprint density at radius 2 is 2.05 bits per heavy atom. The number of hydrogen-bond acceptors (Lipinski definition) is 4. The molecular weight excluding hydrogens is 290 g/mol. The second-order valence-corrected chi connectivity index (χ2v) is 6.92. The standard InChI is InChI=1S/C15H19NO4S/c1-21(18,19)16-15(17)10-9-12-5-4-8-14(11-12)20-13-6-2-3-7-13/h4-5,8-11,13H,2-3,6-7H2,1H3,(H,16,17)/b10-9+. The zero-order chi connectivity index (χ0) is 15.3. The van der Waals surface area contributed by atoms with Gasteiger partial charge in [0.2, 0.25) is 10.0 Å². The summed E-state index contributed by atoms with van der Waals surface area (Å²) in [4.78, 5) is 11.4. The molecular formula is C15H19NO4S. The summed E-state index contributed by atoms with van der Waals surface area (Å²) in [6.07, 6.45) is 8.53. The molecule has 114 valence electrons. The predicted octanol–water partition coefficient (Wildman–Crippen LogP) is 2.10. The summed E-state index contributed by atoms with van der Waals surface area (Å²) in [6.45, 7) is 0. The molecule has 1 amide bonds. The number of carbonyl (C=O) groups excluding carboxylic acids is 1. The van der Waals surface area contributed by atoms with Gasteiger partial charge in [0, 0.05) is 6.08 Å². The van der Waals surface area contributed by atoms with Crippen LogP contribution in [0.25, 0.3) is 6.08 Å². The molecule has 1 fully saturated rings.